The van der Waals surface area contributed by atoms with Gasteiger partial charge in [-0.2, -0.15) is 0 Å². The van der Waals surface area contributed by atoms with Crippen LogP contribution in [0.3, 0.4) is 0 Å². The maximum Gasteiger partial charge on any atom is 0.357 e. The van der Waals surface area contributed by atoms with Gasteiger partial charge in [0.2, 0.25) is 5.89 Å². The first-order valence-electron chi connectivity index (χ1n) is 8.09. The van der Waals surface area contributed by atoms with Crippen molar-refractivity contribution in [2.24, 2.45) is 0 Å². The number of oxazole rings is 1. The first-order valence-corrected chi connectivity index (χ1v) is 8.09. The van der Waals surface area contributed by atoms with Gasteiger partial charge in [0, 0.05) is 13.1 Å². The van der Waals surface area contributed by atoms with Gasteiger partial charge < -0.3 is 9.52 Å². The molecule has 0 radical (unpaired) electrons. The summed E-state index contributed by atoms with van der Waals surface area (Å²) in [7, 11) is 0. The maximum atomic E-state index is 11.0. The highest BCUT2D eigenvalue weighted by Gasteiger charge is 2.15. The van der Waals surface area contributed by atoms with Crippen molar-refractivity contribution < 1.29 is 14.3 Å². The predicted octanol–water partition coefficient (Wildman–Crippen LogP) is 3.88. The second kappa shape index (κ2) is 7.77. The Morgan fingerprint density at radius 1 is 1.04 bits per heavy atom. The second-order valence-corrected chi connectivity index (χ2v) is 6.05. The Labute approximate surface area is 146 Å². The third-order valence-electron chi connectivity index (χ3n) is 3.87. The standard InChI is InChI=1S/C20H20N2O3/c1-15-6-5-9-17(10-15)12-22(11-16-7-3-2-4-8-16)13-19-21-18(14-25-19)20(23)24/h2-10,14H,11-13H2,1H3,(H,23,24). The van der Waals surface area contributed by atoms with Crippen LogP contribution in [0, 0.1) is 6.92 Å². The molecule has 0 aliphatic rings. The Bertz CT molecular complexity index is 843. The summed E-state index contributed by atoms with van der Waals surface area (Å²) in [6, 6.07) is 18.5. The number of carbonyl (C=O) groups is 1. The van der Waals surface area contributed by atoms with E-state index in [0.717, 1.165) is 13.1 Å². The molecule has 0 fully saturated rings. The average Bonchev–Trinajstić information content (AvgIpc) is 3.04. The van der Waals surface area contributed by atoms with E-state index in [1.54, 1.807) is 0 Å². The van der Waals surface area contributed by atoms with E-state index in [1.165, 1.54) is 23.0 Å². The van der Waals surface area contributed by atoms with E-state index in [9.17, 15) is 4.79 Å². The summed E-state index contributed by atoms with van der Waals surface area (Å²) in [5.74, 6) is -0.677. The lowest BCUT2D eigenvalue weighted by Gasteiger charge is -2.21. The predicted molar refractivity (Wildman–Crippen MR) is 94.0 cm³/mol. The van der Waals surface area contributed by atoms with Crippen LogP contribution in [0.2, 0.25) is 0 Å². The number of hydrogen-bond donors (Lipinski definition) is 1. The summed E-state index contributed by atoms with van der Waals surface area (Å²) in [6.07, 6.45) is 1.19. The van der Waals surface area contributed by atoms with Gasteiger partial charge in [-0.05, 0) is 18.1 Å². The van der Waals surface area contributed by atoms with Crippen LogP contribution < -0.4 is 0 Å². The average molecular weight is 336 g/mol. The number of hydrogen-bond acceptors (Lipinski definition) is 4. The van der Waals surface area contributed by atoms with Crippen molar-refractivity contribution in [2.45, 2.75) is 26.6 Å². The van der Waals surface area contributed by atoms with Gasteiger partial charge in [0.05, 0.1) is 6.54 Å². The van der Waals surface area contributed by atoms with Crippen molar-refractivity contribution in [1.29, 1.82) is 0 Å². The van der Waals surface area contributed by atoms with Gasteiger partial charge in [-0.15, -0.1) is 0 Å². The van der Waals surface area contributed by atoms with Gasteiger partial charge in [0.15, 0.2) is 5.69 Å². The summed E-state index contributed by atoms with van der Waals surface area (Å²) in [5, 5.41) is 9.00. The Hall–Kier alpha value is -2.92. The van der Waals surface area contributed by atoms with E-state index in [1.807, 2.05) is 24.3 Å². The fraction of sp³-hybridized carbons (Fsp3) is 0.200. The third kappa shape index (κ3) is 4.78. The third-order valence-corrected chi connectivity index (χ3v) is 3.87. The molecule has 0 amide bonds. The van der Waals surface area contributed by atoms with Crippen molar-refractivity contribution in [3.8, 4) is 0 Å². The van der Waals surface area contributed by atoms with Crippen molar-refractivity contribution in [3.05, 3.63) is 89.1 Å². The summed E-state index contributed by atoms with van der Waals surface area (Å²) >= 11 is 0. The molecule has 2 aromatic carbocycles. The second-order valence-electron chi connectivity index (χ2n) is 6.05. The number of benzene rings is 2. The van der Waals surface area contributed by atoms with Gasteiger partial charge >= 0.3 is 5.97 Å². The molecule has 0 aliphatic carbocycles. The van der Waals surface area contributed by atoms with Crippen molar-refractivity contribution in [2.75, 3.05) is 0 Å². The van der Waals surface area contributed by atoms with Crippen molar-refractivity contribution >= 4 is 5.97 Å². The number of aromatic carboxylic acids is 1. The number of nitrogens with zero attached hydrogens (tertiary/aromatic N) is 2. The fourth-order valence-corrected chi connectivity index (χ4v) is 2.75. The van der Waals surface area contributed by atoms with Crippen LogP contribution in [0.5, 0.6) is 0 Å². The van der Waals surface area contributed by atoms with E-state index in [0.29, 0.717) is 12.4 Å². The van der Waals surface area contributed by atoms with Crippen LogP contribution in [0.4, 0.5) is 0 Å². The van der Waals surface area contributed by atoms with Crippen LogP contribution in [0.25, 0.3) is 0 Å². The van der Waals surface area contributed by atoms with Crippen LogP contribution in [0.1, 0.15) is 33.1 Å². The molecule has 5 nitrogen and oxygen atoms in total. The number of carboxylic acid groups (broad SMARTS) is 1. The van der Waals surface area contributed by atoms with E-state index >= 15 is 0 Å². The normalized spacial score (nSPS) is 11.0. The molecule has 3 aromatic rings. The van der Waals surface area contributed by atoms with E-state index in [-0.39, 0.29) is 5.69 Å². The Morgan fingerprint density at radius 2 is 1.76 bits per heavy atom. The summed E-state index contributed by atoms with van der Waals surface area (Å²) in [6.45, 7) is 3.95. The Kier molecular flexibility index (Phi) is 5.26. The zero-order valence-corrected chi connectivity index (χ0v) is 14.1. The molecule has 0 spiro atoms. The lowest BCUT2D eigenvalue weighted by Crippen LogP contribution is -2.22. The molecule has 0 saturated carbocycles. The van der Waals surface area contributed by atoms with Gasteiger partial charge in [-0.1, -0.05) is 60.2 Å². The minimum absolute atomic E-state index is 0.0646. The van der Waals surface area contributed by atoms with Crippen LogP contribution in [-0.4, -0.2) is 21.0 Å². The molecule has 1 N–H and O–H groups in total. The Balaban J connectivity index is 1.78. The smallest absolute Gasteiger partial charge is 0.357 e. The molecular formula is C20H20N2O3. The molecule has 128 valence electrons. The van der Waals surface area contributed by atoms with Gasteiger partial charge in [-0.3, -0.25) is 4.90 Å². The van der Waals surface area contributed by atoms with Crippen molar-refractivity contribution in [3.63, 3.8) is 0 Å². The quantitative estimate of drug-likeness (QED) is 0.709. The van der Waals surface area contributed by atoms with E-state index < -0.39 is 5.97 Å². The molecule has 5 heteroatoms. The van der Waals surface area contributed by atoms with Crippen molar-refractivity contribution in [1.82, 2.24) is 9.88 Å². The molecule has 1 heterocycles. The highest BCUT2D eigenvalue weighted by molar-refractivity contribution is 5.84. The first kappa shape index (κ1) is 16.9. The molecule has 3 rings (SSSR count). The lowest BCUT2D eigenvalue weighted by atomic mass is 10.1. The molecule has 0 atom stereocenters. The largest absolute Gasteiger partial charge is 0.476 e. The van der Waals surface area contributed by atoms with Gasteiger partial charge in [0.25, 0.3) is 0 Å². The topological polar surface area (TPSA) is 66.6 Å². The summed E-state index contributed by atoms with van der Waals surface area (Å²) < 4.78 is 5.32. The molecular weight excluding hydrogens is 316 g/mol. The molecule has 0 bridgehead atoms. The molecule has 0 saturated heterocycles. The minimum Gasteiger partial charge on any atom is -0.476 e. The zero-order valence-electron chi connectivity index (χ0n) is 14.1. The lowest BCUT2D eigenvalue weighted by molar-refractivity contribution is 0.0690. The SMILES string of the molecule is Cc1cccc(CN(Cc2ccccc2)Cc2nc(C(=O)O)co2)c1. The summed E-state index contributed by atoms with van der Waals surface area (Å²) in [5.41, 5.74) is 3.52. The molecule has 0 unspecified atom stereocenters. The molecule has 0 aliphatic heterocycles. The van der Waals surface area contributed by atoms with Crippen LogP contribution in [0.15, 0.2) is 65.3 Å². The number of carboxylic acids is 1. The Morgan fingerprint density at radius 3 is 2.44 bits per heavy atom. The highest BCUT2D eigenvalue weighted by Crippen LogP contribution is 2.15. The molecule has 25 heavy (non-hydrogen) atoms. The zero-order chi connectivity index (χ0) is 17.6. The van der Waals surface area contributed by atoms with Crippen LogP contribution in [-0.2, 0) is 19.6 Å². The van der Waals surface area contributed by atoms with Gasteiger partial charge in [-0.25, -0.2) is 9.78 Å². The highest BCUT2D eigenvalue weighted by atomic mass is 16.4. The first-order chi connectivity index (χ1) is 12.1. The monoisotopic (exact) mass is 336 g/mol. The molecule has 1 aromatic heterocycles. The number of aromatic nitrogens is 1. The maximum absolute atomic E-state index is 11.0. The van der Waals surface area contributed by atoms with Crippen LogP contribution >= 0.6 is 0 Å². The summed E-state index contributed by atoms with van der Waals surface area (Å²) in [4.78, 5) is 17.2. The number of aryl methyl sites for hydroxylation is 1. The van der Waals surface area contributed by atoms with E-state index in [2.05, 4.69) is 47.1 Å². The fourth-order valence-electron chi connectivity index (χ4n) is 2.75. The van der Waals surface area contributed by atoms with Gasteiger partial charge in [0.1, 0.15) is 6.26 Å². The number of rotatable bonds is 7. The van der Waals surface area contributed by atoms with E-state index in [4.69, 9.17) is 9.52 Å². The minimum atomic E-state index is -1.08.